The van der Waals surface area contributed by atoms with Gasteiger partial charge in [0.2, 0.25) is 5.91 Å². The average Bonchev–Trinajstić information content (AvgIpc) is 3.05. The van der Waals surface area contributed by atoms with E-state index >= 15 is 0 Å². The van der Waals surface area contributed by atoms with Crippen molar-refractivity contribution in [3.8, 4) is 5.75 Å². The van der Waals surface area contributed by atoms with Crippen LogP contribution < -0.4 is 10.1 Å². The second-order valence-electron chi connectivity index (χ2n) is 4.69. The third-order valence-corrected chi connectivity index (χ3v) is 4.04. The molecule has 2 aromatic heterocycles. The number of rotatable bonds is 4. The smallest absolute Gasteiger partial charge is 0.229 e. The minimum Gasteiger partial charge on any atom is -0.497 e. The van der Waals surface area contributed by atoms with E-state index < -0.39 is 0 Å². The first kappa shape index (κ1) is 13.6. The topological polar surface area (TPSA) is 67.0 Å². The van der Waals surface area contributed by atoms with Gasteiger partial charge in [0.05, 0.1) is 24.7 Å². The molecule has 0 radical (unpaired) electrons. The zero-order chi connectivity index (χ0) is 14.8. The minimum absolute atomic E-state index is 0.0534. The third-order valence-electron chi connectivity index (χ3n) is 3.21. The Morgan fingerprint density at radius 1 is 1.48 bits per heavy atom. The summed E-state index contributed by atoms with van der Waals surface area (Å²) in [5.74, 6) is 0.726. The number of benzene rings is 1. The second kappa shape index (κ2) is 5.57. The molecule has 5 nitrogen and oxygen atoms in total. The van der Waals surface area contributed by atoms with Gasteiger partial charge in [0.1, 0.15) is 10.8 Å². The Morgan fingerprint density at radius 2 is 2.33 bits per heavy atom. The highest BCUT2D eigenvalue weighted by molar-refractivity contribution is 7.15. The number of hydrogen-bond donors (Lipinski definition) is 2. The molecule has 6 heteroatoms. The number of anilines is 1. The van der Waals surface area contributed by atoms with Gasteiger partial charge in [-0.05, 0) is 30.7 Å². The van der Waals surface area contributed by atoms with Crippen LogP contribution in [0.1, 0.15) is 10.6 Å². The van der Waals surface area contributed by atoms with Crippen molar-refractivity contribution in [3.63, 3.8) is 0 Å². The summed E-state index contributed by atoms with van der Waals surface area (Å²) in [7, 11) is 1.63. The highest BCUT2D eigenvalue weighted by Gasteiger charge is 2.11. The lowest BCUT2D eigenvalue weighted by Crippen LogP contribution is -2.13. The monoisotopic (exact) mass is 301 g/mol. The van der Waals surface area contributed by atoms with E-state index in [-0.39, 0.29) is 5.91 Å². The van der Waals surface area contributed by atoms with E-state index in [4.69, 9.17) is 4.74 Å². The molecule has 0 fully saturated rings. The largest absolute Gasteiger partial charge is 0.497 e. The van der Waals surface area contributed by atoms with E-state index in [1.165, 1.54) is 11.3 Å². The number of carbonyl (C=O) groups is 1. The van der Waals surface area contributed by atoms with Gasteiger partial charge in [-0.25, -0.2) is 4.98 Å². The molecule has 0 atom stereocenters. The summed E-state index contributed by atoms with van der Waals surface area (Å²) in [6, 6.07) is 5.77. The summed E-state index contributed by atoms with van der Waals surface area (Å²) >= 11 is 1.47. The van der Waals surface area contributed by atoms with Gasteiger partial charge in [-0.15, -0.1) is 11.3 Å². The molecule has 1 amide bonds. The van der Waals surface area contributed by atoms with Gasteiger partial charge in [0, 0.05) is 17.1 Å². The quantitative estimate of drug-likeness (QED) is 0.778. The molecule has 3 rings (SSSR count). The van der Waals surface area contributed by atoms with Gasteiger partial charge < -0.3 is 15.0 Å². The zero-order valence-electron chi connectivity index (χ0n) is 11.8. The third kappa shape index (κ3) is 2.90. The number of aromatic nitrogens is 2. The Hall–Kier alpha value is -2.34. The predicted octanol–water partition coefficient (Wildman–Crippen LogP) is 3.12. The maximum absolute atomic E-state index is 12.1. The van der Waals surface area contributed by atoms with Gasteiger partial charge in [0.15, 0.2) is 0 Å². The van der Waals surface area contributed by atoms with E-state index in [0.29, 0.717) is 6.42 Å². The lowest BCUT2D eigenvalue weighted by Gasteiger charge is -2.03. The Bertz CT molecular complexity index is 791. The molecule has 0 aliphatic carbocycles. The van der Waals surface area contributed by atoms with Crippen LogP contribution in [0.3, 0.4) is 0 Å². The molecule has 0 aliphatic rings. The summed E-state index contributed by atoms with van der Waals surface area (Å²) in [4.78, 5) is 19.4. The van der Waals surface area contributed by atoms with Gasteiger partial charge >= 0.3 is 0 Å². The molecule has 0 spiro atoms. The first-order valence-electron chi connectivity index (χ1n) is 6.52. The fraction of sp³-hybridized carbons (Fsp3) is 0.200. The van der Waals surface area contributed by atoms with Crippen molar-refractivity contribution >= 4 is 33.1 Å². The van der Waals surface area contributed by atoms with Crippen molar-refractivity contribution in [1.82, 2.24) is 9.97 Å². The number of nitrogens with one attached hydrogen (secondary N) is 2. The van der Waals surface area contributed by atoms with E-state index in [9.17, 15) is 4.79 Å². The van der Waals surface area contributed by atoms with Crippen molar-refractivity contribution < 1.29 is 9.53 Å². The minimum atomic E-state index is -0.0534. The fourth-order valence-corrected chi connectivity index (χ4v) is 2.90. The summed E-state index contributed by atoms with van der Waals surface area (Å²) in [5, 5.41) is 5.58. The maximum atomic E-state index is 12.1. The number of carbonyl (C=O) groups excluding carboxylic acids is 1. The molecule has 0 saturated heterocycles. The molecule has 108 valence electrons. The van der Waals surface area contributed by atoms with Crippen LogP contribution in [0.2, 0.25) is 0 Å². The van der Waals surface area contributed by atoms with Crippen molar-refractivity contribution in [1.29, 1.82) is 0 Å². The molecular weight excluding hydrogens is 286 g/mol. The van der Waals surface area contributed by atoms with Crippen LogP contribution >= 0.6 is 11.3 Å². The predicted molar refractivity (Wildman–Crippen MR) is 84.0 cm³/mol. The molecule has 0 saturated carbocycles. The number of H-pyrrole nitrogens is 1. The molecule has 0 aliphatic heterocycles. The lowest BCUT2D eigenvalue weighted by molar-refractivity contribution is -0.115. The zero-order valence-corrected chi connectivity index (χ0v) is 12.6. The Morgan fingerprint density at radius 3 is 3.05 bits per heavy atom. The summed E-state index contributed by atoms with van der Waals surface area (Å²) in [5.41, 5.74) is 1.94. The Kier molecular flexibility index (Phi) is 3.62. The van der Waals surface area contributed by atoms with Crippen molar-refractivity contribution in [2.75, 3.05) is 12.4 Å². The van der Waals surface area contributed by atoms with Crippen molar-refractivity contribution in [2.24, 2.45) is 0 Å². The molecule has 3 aromatic rings. The summed E-state index contributed by atoms with van der Waals surface area (Å²) in [6.45, 7) is 1.91. The van der Waals surface area contributed by atoms with E-state index in [2.05, 4.69) is 15.3 Å². The van der Waals surface area contributed by atoms with Crippen LogP contribution in [0.25, 0.3) is 10.9 Å². The highest BCUT2D eigenvalue weighted by Crippen LogP contribution is 2.24. The normalized spacial score (nSPS) is 10.8. The lowest BCUT2D eigenvalue weighted by atomic mass is 10.1. The van der Waals surface area contributed by atoms with Crippen LogP contribution in [-0.4, -0.2) is 23.0 Å². The van der Waals surface area contributed by atoms with Crippen LogP contribution in [0.15, 0.2) is 30.6 Å². The summed E-state index contributed by atoms with van der Waals surface area (Å²) in [6.07, 6.45) is 3.85. The van der Waals surface area contributed by atoms with Gasteiger partial charge in [0.25, 0.3) is 0 Å². The van der Waals surface area contributed by atoms with Gasteiger partial charge in [-0.1, -0.05) is 0 Å². The standard InChI is InChI=1S/C15H15N3O2S/c1-9-16-8-15(21-9)18-14(19)5-10-7-17-13-4-3-11(20-2)6-12(10)13/h3-4,6-8,17H,5H2,1-2H3,(H,18,19). The molecule has 2 N–H and O–H groups in total. The molecule has 2 heterocycles. The number of aromatic amines is 1. The average molecular weight is 301 g/mol. The molecular formula is C15H15N3O2S. The number of ether oxygens (including phenoxy) is 1. The second-order valence-corrected chi connectivity index (χ2v) is 5.93. The first-order valence-corrected chi connectivity index (χ1v) is 7.33. The molecule has 21 heavy (non-hydrogen) atoms. The Balaban J connectivity index is 1.79. The number of methoxy groups -OCH3 is 1. The Labute approximate surface area is 126 Å². The number of fused-ring (bicyclic) bond motifs is 1. The van der Waals surface area contributed by atoms with Crippen molar-refractivity contribution in [2.45, 2.75) is 13.3 Å². The number of thiazole rings is 1. The fourth-order valence-electron chi connectivity index (χ4n) is 2.20. The number of amides is 1. The highest BCUT2D eigenvalue weighted by atomic mass is 32.1. The van der Waals surface area contributed by atoms with Crippen molar-refractivity contribution in [3.05, 3.63) is 41.2 Å². The van der Waals surface area contributed by atoms with Crippen LogP contribution in [0, 0.1) is 6.92 Å². The molecule has 1 aromatic carbocycles. The number of nitrogens with zero attached hydrogens (tertiary/aromatic N) is 1. The SMILES string of the molecule is COc1ccc2[nH]cc(CC(=O)Nc3cnc(C)s3)c2c1. The summed E-state index contributed by atoms with van der Waals surface area (Å²) < 4.78 is 5.23. The van der Waals surface area contributed by atoms with E-state index in [1.54, 1.807) is 13.3 Å². The van der Waals surface area contributed by atoms with Crippen LogP contribution in [0.5, 0.6) is 5.75 Å². The van der Waals surface area contributed by atoms with Gasteiger partial charge in [-0.3, -0.25) is 4.79 Å². The first-order chi connectivity index (χ1) is 10.2. The maximum Gasteiger partial charge on any atom is 0.229 e. The molecule has 0 bridgehead atoms. The number of hydrogen-bond acceptors (Lipinski definition) is 4. The van der Waals surface area contributed by atoms with E-state index in [0.717, 1.165) is 32.2 Å². The number of aryl methyl sites for hydroxylation is 1. The van der Waals surface area contributed by atoms with Crippen LogP contribution in [-0.2, 0) is 11.2 Å². The molecule has 0 unspecified atom stereocenters. The van der Waals surface area contributed by atoms with Crippen LogP contribution in [0.4, 0.5) is 5.00 Å². The van der Waals surface area contributed by atoms with Gasteiger partial charge in [-0.2, -0.15) is 0 Å². The van der Waals surface area contributed by atoms with E-state index in [1.807, 2.05) is 31.3 Å².